The average Bonchev–Trinajstić information content (AvgIpc) is 2.76. The highest BCUT2D eigenvalue weighted by Gasteiger charge is 2.57. The van der Waals surface area contributed by atoms with E-state index < -0.39 is 11.4 Å². The number of phenols is 1. The molecule has 0 amide bonds. The van der Waals surface area contributed by atoms with E-state index in [4.69, 9.17) is 14.2 Å². The summed E-state index contributed by atoms with van der Waals surface area (Å²) >= 11 is 0. The van der Waals surface area contributed by atoms with Crippen molar-refractivity contribution < 1.29 is 28.9 Å². The zero-order chi connectivity index (χ0) is 22.5. The Morgan fingerprint density at radius 2 is 2.03 bits per heavy atom. The van der Waals surface area contributed by atoms with Crippen molar-refractivity contribution in [2.45, 2.75) is 37.6 Å². The molecule has 0 unspecified atom stereocenters. The number of piperidine rings is 1. The molecule has 1 heterocycles. The number of nitrogens with zero attached hydrogens (tertiary/aromatic N) is 1. The van der Waals surface area contributed by atoms with Crippen LogP contribution in [0.4, 0.5) is 0 Å². The Morgan fingerprint density at radius 1 is 1.29 bits per heavy atom. The number of fused-ring (bicyclic) bond motifs is 1. The number of Topliss-reactive ketones (excluding diaryl/α,β-unsaturated/α-hetero) is 1. The Bertz CT molecular complexity index is 1010. The van der Waals surface area contributed by atoms with Gasteiger partial charge in [-0.1, -0.05) is 0 Å². The molecule has 0 saturated carbocycles. The molecule has 4 rings (SSSR count). The van der Waals surface area contributed by atoms with Crippen molar-refractivity contribution in [3.63, 3.8) is 0 Å². The monoisotopic (exact) mass is 427 g/mol. The van der Waals surface area contributed by atoms with Crippen LogP contribution in [-0.2, 0) is 30.9 Å². The lowest BCUT2D eigenvalue weighted by Gasteiger charge is -2.56. The Hall–Kier alpha value is -2.80. The van der Waals surface area contributed by atoms with E-state index in [-0.39, 0.29) is 29.9 Å². The molecular weight excluding hydrogens is 398 g/mol. The molecule has 0 radical (unpaired) electrons. The van der Waals surface area contributed by atoms with Crippen LogP contribution >= 0.6 is 0 Å². The Kier molecular flexibility index (Phi) is 5.33. The van der Waals surface area contributed by atoms with E-state index in [9.17, 15) is 14.7 Å². The summed E-state index contributed by atoms with van der Waals surface area (Å²) in [5, 5.41) is 11.3. The summed E-state index contributed by atoms with van der Waals surface area (Å²) in [4.78, 5) is 27.3. The predicted molar refractivity (Wildman–Crippen MR) is 115 cm³/mol. The maximum absolute atomic E-state index is 12.9. The number of carbonyl (C=O) groups excluding carboxylic acids is 2. The molecule has 1 N–H and O–H groups in total. The fraction of sp³-hybridized carbons (Fsp3) is 0.500. The molecule has 31 heavy (non-hydrogen) atoms. The van der Waals surface area contributed by atoms with Crippen LogP contribution in [0.1, 0.15) is 36.5 Å². The number of likely N-dealkylation sites (N-methyl/N-ethyl adjacent to an activating group) is 1. The molecule has 0 spiro atoms. The lowest BCUT2D eigenvalue weighted by atomic mass is 9.53. The first-order valence-electron chi connectivity index (χ1n) is 10.5. The minimum atomic E-state index is -0.537. The fourth-order valence-corrected chi connectivity index (χ4v) is 5.71. The fourth-order valence-electron chi connectivity index (χ4n) is 5.71. The van der Waals surface area contributed by atoms with Crippen LogP contribution in [0.3, 0.4) is 0 Å². The quantitative estimate of drug-likeness (QED) is 0.584. The Balaban J connectivity index is 2.00. The number of allylic oxidation sites excluding steroid dienone is 1. The van der Waals surface area contributed by atoms with E-state index in [1.54, 1.807) is 19.1 Å². The topological polar surface area (TPSA) is 85.3 Å². The molecule has 1 saturated heterocycles. The van der Waals surface area contributed by atoms with Gasteiger partial charge in [0.05, 0.1) is 21.3 Å². The molecule has 1 fully saturated rings. The van der Waals surface area contributed by atoms with Gasteiger partial charge in [-0.25, -0.2) is 4.79 Å². The van der Waals surface area contributed by atoms with Gasteiger partial charge < -0.3 is 24.2 Å². The lowest BCUT2D eigenvalue weighted by molar-refractivity contribution is -0.135. The number of ether oxygens (including phenoxy) is 3. The van der Waals surface area contributed by atoms with Gasteiger partial charge in [0.15, 0.2) is 23.0 Å². The first-order valence-corrected chi connectivity index (χ1v) is 10.5. The molecular formula is C24H29NO6. The third kappa shape index (κ3) is 3.14. The molecule has 3 aliphatic rings. The average molecular weight is 427 g/mol. The van der Waals surface area contributed by atoms with Crippen LogP contribution < -0.4 is 4.74 Å². The molecule has 166 valence electrons. The predicted octanol–water partition coefficient (Wildman–Crippen LogP) is 2.59. The summed E-state index contributed by atoms with van der Waals surface area (Å²) in [6, 6.07) is 1.91. The van der Waals surface area contributed by atoms with Gasteiger partial charge in [0.1, 0.15) is 0 Å². The highest BCUT2D eigenvalue weighted by atomic mass is 16.5. The molecule has 2 aliphatic carbocycles. The van der Waals surface area contributed by atoms with E-state index in [1.165, 1.54) is 21.3 Å². The minimum Gasteiger partial charge on any atom is -0.504 e. The summed E-state index contributed by atoms with van der Waals surface area (Å²) in [6.07, 6.45) is 5.41. The van der Waals surface area contributed by atoms with Crippen LogP contribution in [0, 0.1) is 5.92 Å². The molecule has 2 bridgehead atoms. The van der Waals surface area contributed by atoms with Gasteiger partial charge in [0, 0.05) is 34.9 Å². The Labute approximate surface area is 182 Å². The highest BCUT2D eigenvalue weighted by molar-refractivity contribution is 5.96. The standard InChI is InChI=1S/C24H29NO6/c1-13(23(28)31-5)8-14-9-20(30-4)22(27)21-15(14)10-17-16-11-19(29-3)18(26)12-24(16,21)6-7-25(17)2/h8-9,11,16-17,27H,6-7,10,12H2,1-5H3/b13-8+/t16-,17+,24-/m1/s1. The van der Waals surface area contributed by atoms with Crippen molar-refractivity contribution in [3.05, 3.63) is 40.2 Å². The molecule has 7 nitrogen and oxygen atoms in total. The van der Waals surface area contributed by atoms with Gasteiger partial charge in [0.2, 0.25) is 0 Å². The summed E-state index contributed by atoms with van der Waals surface area (Å²) in [7, 11) is 6.47. The maximum atomic E-state index is 12.9. The van der Waals surface area contributed by atoms with Gasteiger partial charge in [-0.3, -0.25) is 4.79 Å². The molecule has 1 aliphatic heterocycles. The highest BCUT2D eigenvalue weighted by Crippen LogP contribution is 2.58. The number of phenolic OH excluding ortho intramolecular Hbond substituents is 1. The maximum Gasteiger partial charge on any atom is 0.333 e. The van der Waals surface area contributed by atoms with E-state index >= 15 is 0 Å². The first kappa shape index (κ1) is 21.4. The van der Waals surface area contributed by atoms with Crippen molar-refractivity contribution in [2.24, 2.45) is 5.92 Å². The lowest BCUT2D eigenvalue weighted by Crippen LogP contribution is -2.60. The normalized spacial score (nSPS) is 27.7. The van der Waals surface area contributed by atoms with E-state index in [0.717, 1.165) is 29.7 Å². The van der Waals surface area contributed by atoms with Crippen LogP contribution in [-0.4, -0.2) is 62.7 Å². The summed E-state index contributed by atoms with van der Waals surface area (Å²) in [6.45, 7) is 2.53. The van der Waals surface area contributed by atoms with Crippen LogP contribution in [0.2, 0.25) is 0 Å². The molecule has 3 atom stereocenters. The van der Waals surface area contributed by atoms with Crippen LogP contribution in [0.5, 0.6) is 11.5 Å². The summed E-state index contributed by atoms with van der Waals surface area (Å²) in [5.74, 6) is 0.379. The van der Waals surface area contributed by atoms with Crippen LogP contribution in [0.25, 0.3) is 6.08 Å². The van der Waals surface area contributed by atoms with Gasteiger partial charge >= 0.3 is 5.97 Å². The number of benzene rings is 1. The second-order valence-corrected chi connectivity index (χ2v) is 8.71. The number of carbonyl (C=O) groups is 2. The number of ketones is 1. The van der Waals surface area contributed by atoms with Crippen molar-refractivity contribution >= 4 is 17.8 Å². The number of rotatable bonds is 4. The molecule has 1 aromatic rings. The second kappa shape index (κ2) is 7.71. The SMILES string of the molecule is COC(=O)/C(C)=C/c1cc(OC)c(O)c2c1C[C@H]1[C@H]3C=C(OC)C(=O)C[C@@]23CCN1C. The summed E-state index contributed by atoms with van der Waals surface area (Å²) < 4.78 is 15.7. The van der Waals surface area contributed by atoms with Gasteiger partial charge in [0.25, 0.3) is 0 Å². The zero-order valence-corrected chi connectivity index (χ0v) is 18.7. The summed E-state index contributed by atoms with van der Waals surface area (Å²) in [5.41, 5.74) is 2.45. The number of esters is 1. The van der Waals surface area contributed by atoms with Crippen LogP contribution in [0.15, 0.2) is 23.5 Å². The van der Waals surface area contributed by atoms with E-state index in [1.807, 2.05) is 6.08 Å². The number of hydrogen-bond donors (Lipinski definition) is 1. The van der Waals surface area contributed by atoms with Gasteiger partial charge in [-0.15, -0.1) is 0 Å². The molecule has 0 aromatic heterocycles. The van der Waals surface area contributed by atoms with Crippen molar-refractivity contribution in [3.8, 4) is 11.5 Å². The third-order valence-electron chi connectivity index (χ3n) is 7.25. The van der Waals surface area contributed by atoms with E-state index in [0.29, 0.717) is 23.5 Å². The third-order valence-corrected chi connectivity index (χ3v) is 7.25. The first-order chi connectivity index (χ1) is 14.8. The number of aromatic hydroxyl groups is 1. The zero-order valence-electron chi connectivity index (χ0n) is 18.7. The van der Waals surface area contributed by atoms with Gasteiger partial charge in [-0.05, 0) is 62.7 Å². The van der Waals surface area contributed by atoms with E-state index in [2.05, 4.69) is 11.9 Å². The second-order valence-electron chi connectivity index (χ2n) is 8.71. The Morgan fingerprint density at radius 3 is 2.68 bits per heavy atom. The number of likely N-dealkylation sites (tertiary alicyclic amines) is 1. The largest absolute Gasteiger partial charge is 0.504 e. The number of methoxy groups -OCH3 is 3. The molecule has 7 heteroatoms. The van der Waals surface area contributed by atoms with Gasteiger partial charge in [-0.2, -0.15) is 0 Å². The van der Waals surface area contributed by atoms with Crippen molar-refractivity contribution in [1.29, 1.82) is 0 Å². The number of hydrogen-bond acceptors (Lipinski definition) is 7. The molecule has 1 aromatic carbocycles. The van der Waals surface area contributed by atoms with Crippen molar-refractivity contribution in [2.75, 3.05) is 34.9 Å². The van der Waals surface area contributed by atoms with Crippen molar-refractivity contribution in [1.82, 2.24) is 4.90 Å². The minimum absolute atomic E-state index is 0.0305. The smallest absolute Gasteiger partial charge is 0.333 e.